The molecular weight excluding hydrogens is 180 g/mol. The summed E-state index contributed by atoms with van der Waals surface area (Å²) in [5.74, 6) is 1.22. The molecule has 0 fully saturated rings. The Balaban J connectivity index is 3.03. The normalized spacial score (nSPS) is 11.1. The van der Waals surface area contributed by atoms with Crippen LogP contribution in [0.5, 0.6) is 0 Å². The Morgan fingerprint density at radius 3 is 2.62 bits per heavy atom. The Kier molecular flexibility index (Phi) is 10.6. The third kappa shape index (κ3) is 10.2. The number of hydrogen-bond donors (Lipinski definition) is 1. The Hall–Kier alpha value is 0.270. The van der Waals surface area contributed by atoms with Crippen molar-refractivity contribution in [3.8, 4) is 0 Å². The van der Waals surface area contributed by atoms with Crippen LogP contribution in [0.25, 0.3) is 0 Å². The number of nitrogens with zero attached hydrogens (tertiary/aromatic N) is 1. The zero-order valence-corrected chi connectivity index (χ0v) is 10.1. The highest BCUT2D eigenvalue weighted by Gasteiger charge is 1.95. The topological polar surface area (TPSA) is 15.3 Å². The minimum Gasteiger partial charge on any atom is -0.315 e. The summed E-state index contributed by atoms with van der Waals surface area (Å²) in [5.41, 5.74) is 0. The molecule has 1 N–H and O–H groups in total. The molecule has 0 spiro atoms. The van der Waals surface area contributed by atoms with Gasteiger partial charge in [0.1, 0.15) is 0 Å². The molecule has 0 heterocycles. The number of hydrogen-bond acceptors (Lipinski definition) is 3. The van der Waals surface area contributed by atoms with Gasteiger partial charge in [0.05, 0.1) is 0 Å². The average molecular weight is 204 g/mol. The average Bonchev–Trinajstić information content (AvgIpc) is 2.14. The van der Waals surface area contributed by atoms with Gasteiger partial charge in [0.2, 0.25) is 0 Å². The lowest BCUT2D eigenvalue weighted by Gasteiger charge is -2.16. The predicted octanol–water partition coefficient (Wildman–Crippen LogP) is 1.67. The molecule has 0 unspecified atom stereocenters. The van der Waals surface area contributed by atoms with Gasteiger partial charge >= 0.3 is 0 Å². The molecule has 0 aromatic heterocycles. The number of likely N-dealkylation sites (N-methyl/N-ethyl adjacent to an activating group) is 1. The molecular formula is C10H24N2S. The van der Waals surface area contributed by atoms with Gasteiger partial charge in [0.15, 0.2) is 0 Å². The molecule has 3 heteroatoms. The van der Waals surface area contributed by atoms with Crippen LogP contribution in [0.3, 0.4) is 0 Å². The fraction of sp³-hybridized carbons (Fsp3) is 1.00. The van der Waals surface area contributed by atoms with Crippen LogP contribution in [0.1, 0.15) is 19.8 Å². The molecule has 0 aliphatic heterocycles. The van der Waals surface area contributed by atoms with Crippen LogP contribution in [-0.4, -0.2) is 50.1 Å². The van der Waals surface area contributed by atoms with Crippen molar-refractivity contribution in [1.29, 1.82) is 0 Å². The number of rotatable bonds is 9. The fourth-order valence-electron chi connectivity index (χ4n) is 1.11. The first kappa shape index (κ1) is 13.3. The van der Waals surface area contributed by atoms with Crippen molar-refractivity contribution in [1.82, 2.24) is 10.2 Å². The molecule has 0 aromatic carbocycles. The smallest absolute Gasteiger partial charge is 0.0104 e. The summed E-state index contributed by atoms with van der Waals surface area (Å²) in [5, 5.41) is 3.43. The molecule has 2 nitrogen and oxygen atoms in total. The quantitative estimate of drug-likeness (QED) is 0.575. The van der Waals surface area contributed by atoms with E-state index in [1.165, 1.54) is 31.7 Å². The van der Waals surface area contributed by atoms with E-state index in [0.29, 0.717) is 0 Å². The summed E-state index contributed by atoms with van der Waals surface area (Å²) < 4.78 is 0. The molecule has 0 rings (SSSR count). The van der Waals surface area contributed by atoms with Crippen LogP contribution < -0.4 is 5.32 Å². The van der Waals surface area contributed by atoms with Crippen molar-refractivity contribution in [3.05, 3.63) is 0 Å². The van der Waals surface area contributed by atoms with Crippen LogP contribution in [-0.2, 0) is 0 Å². The first-order chi connectivity index (χ1) is 6.31. The number of unbranched alkanes of at least 4 members (excludes halogenated alkanes) is 1. The monoisotopic (exact) mass is 204 g/mol. The van der Waals surface area contributed by atoms with E-state index in [1.807, 2.05) is 11.8 Å². The lowest BCUT2D eigenvalue weighted by Crippen LogP contribution is -2.30. The summed E-state index contributed by atoms with van der Waals surface area (Å²) >= 11 is 1.90. The van der Waals surface area contributed by atoms with E-state index in [1.54, 1.807) is 0 Å². The lowest BCUT2D eigenvalue weighted by atomic mass is 10.3. The van der Waals surface area contributed by atoms with Crippen molar-refractivity contribution in [2.75, 3.05) is 45.2 Å². The van der Waals surface area contributed by atoms with Gasteiger partial charge in [-0.3, -0.25) is 0 Å². The van der Waals surface area contributed by atoms with Gasteiger partial charge < -0.3 is 10.2 Å². The number of thioether (sulfide) groups is 1. The first-order valence-electron chi connectivity index (χ1n) is 5.19. The zero-order valence-electron chi connectivity index (χ0n) is 9.31. The fourth-order valence-corrected chi connectivity index (χ4v) is 1.46. The van der Waals surface area contributed by atoms with Crippen molar-refractivity contribution in [2.24, 2.45) is 0 Å². The lowest BCUT2D eigenvalue weighted by molar-refractivity contribution is 0.327. The maximum Gasteiger partial charge on any atom is 0.0104 e. The van der Waals surface area contributed by atoms with Gasteiger partial charge in [-0.2, -0.15) is 11.8 Å². The van der Waals surface area contributed by atoms with E-state index in [2.05, 4.69) is 30.4 Å². The van der Waals surface area contributed by atoms with Gasteiger partial charge in [-0.05, 0) is 26.3 Å². The van der Waals surface area contributed by atoms with E-state index < -0.39 is 0 Å². The largest absolute Gasteiger partial charge is 0.315 e. The van der Waals surface area contributed by atoms with E-state index >= 15 is 0 Å². The molecule has 0 aliphatic rings. The highest BCUT2D eigenvalue weighted by atomic mass is 32.2. The molecule has 0 radical (unpaired) electrons. The summed E-state index contributed by atoms with van der Waals surface area (Å²) in [4.78, 5) is 2.40. The third-order valence-electron chi connectivity index (χ3n) is 2.05. The van der Waals surface area contributed by atoms with Gasteiger partial charge in [-0.15, -0.1) is 0 Å². The van der Waals surface area contributed by atoms with Crippen LogP contribution in [0.4, 0.5) is 0 Å². The molecule has 0 saturated carbocycles. The summed E-state index contributed by atoms with van der Waals surface area (Å²) in [6.07, 6.45) is 4.76. The minimum atomic E-state index is 1.13. The van der Waals surface area contributed by atoms with Gasteiger partial charge in [-0.25, -0.2) is 0 Å². The molecule has 0 saturated heterocycles. The maximum atomic E-state index is 3.43. The zero-order chi connectivity index (χ0) is 9.94. The van der Waals surface area contributed by atoms with E-state index in [-0.39, 0.29) is 0 Å². The molecule has 80 valence electrons. The Bertz CT molecular complexity index is 98.9. The summed E-state index contributed by atoms with van der Waals surface area (Å²) in [7, 11) is 2.20. The van der Waals surface area contributed by atoms with Crippen LogP contribution in [0.15, 0.2) is 0 Å². The molecule has 13 heavy (non-hydrogen) atoms. The molecule has 0 amide bonds. The summed E-state index contributed by atoms with van der Waals surface area (Å²) in [6.45, 7) is 6.92. The second-order valence-corrected chi connectivity index (χ2v) is 4.39. The molecule has 0 atom stereocenters. The highest BCUT2D eigenvalue weighted by molar-refractivity contribution is 7.98. The standard InChI is InChI=1S/C10H24N2S/c1-4-5-8-12(2)9-6-11-7-10-13-3/h11H,4-10H2,1-3H3. The van der Waals surface area contributed by atoms with Crippen molar-refractivity contribution >= 4 is 11.8 Å². The maximum absolute atomic E-state index is 3.43. The van der Waals surface area contributed by atoms with Crippen LogP contribution >= 0.6 is 11.8 Å². The Morgan fingerprint density at radius 2 is 2.00 bits per heavy atom. The Morgan fingerprint density at radius 1 is 1.23 bits per heavy atom. The van der Waals surface area contributed by atoms with Crippen molar-refractivity contribution in [2.45, 2.75) is 19.8 Å². The predicted molar refractivity (Wildman–Crippen MR) is 63.7 cm³/mol. The molecule has 0 aromatic rings. The molecule has 0 bridgehead atoms. The van der Waals surface area contributed by atoms with E-state index in [4.69, 9.17) is 0 Å². The minimum absolute atomic E-state index is 1.13. The second kappa shape index (κ2) is 10.4. The van der Waals surface area contributed by atoms with Gasteiger partial charge in [-0.1, -0.05) is 13.3 Å². The second-order valence-electron chi connectivity index (χ2n) is 3.40. The van der Waals surface area contributed by atoms with E-state index in [9.17, 15) is 0 Å². The van der Waals surface area contributed by atoms with Gasteiger partial charge in [0.25, 0.3) is 0 Å². The molecule has 0 aliphatic carbocycles. The van der Waals surface area contributed by atoms with Crippen LogP contribution in [0.2, 0.25) is 0 Å². The SMILES string of the molecule is CCCCN(C)CCNCCSC. The third-order valence-corrected chi connectivity index (χ3v) is 2.66. The van der Waals surface area contributed by atoms with Crippen molar-refractivity contribution in [3.63, 3.8) is 0 Å². The number of nitrogens with one attached hydrogen (secondary N) is 1. The first-order valence-corrected chi connectivity index (χ1v) is 6.58. The van der Waals surface area contributed by atoms with Crippen molar-refractivity contribution < 1.29 is 0 Å². The highest BCUT2D eigenvalue weighted by Crippen LogP contribution is 1.90. The van der Waals surface area contributed by atoms with Gasteiger partial charge in [0, 0.05) is 25.4 Å². The van der Waals surface area contributed by atoms with E-state index in [0.717, 1.165) is 13.1 Å². The van der Waals surface area contributed by atoms with Crippen LogP contribution in [0, 0.1) is 0 Å². The Labute approximate surface area is 87.5 Å². The summed E-state index contributed by atoms with van der Waals surface area (Å²) in [6, 6.07) is 0.